The number of nitrogen functional groups attached to an aromatic ring is 1. The van der Waals surface area contributed by atoms with Crippen molar-refractivity contribution in [2.75, 3.05) is 11.1 Å². The molecule has 17 heavy (non-hydrogen) atoms. The van der Waals surface area contributed by atoms with Crippen LogP contribution in [0.1, 0.15) is 58.2 Å². The number of hydrogen-bond donors (Lipinski definition) is 2. The van der Waals surface area contributed by atoms with E-state index in [4.69, 9.17) is 5.73 Å². The van der Waals surface area contributed by atoms with Gasteiger partial charge in [0.15, 0.2) is 0 Å². The van der Waals surface area contributed by atoms with Gasteiger partial charge in [0.2, 0.25) is 0 Å². The van der Waals surface area contributed by atoms with Gasteiger partial charge in [0.05, 0.1) is 0 Å². The fourth-order valence-electron chi connectivity index (χ4n) is 2.11. The highest BCUT2D eigenvalue weighted by atomic mass is 15.1. The van der Waals surface area contributed by atoms with Crippen LogP contribution in [-0.4, -0.2) is 15.5 Å². The van der Waals surface area contributed by atoms with Gasteiger partial charge >= 0.3 is 0 Å². The Morgan fingerprint density at radius 1 is 1.41 bits per heavy atom. The molecule has 0 unspecified atom stereocenters. The standard InChI is InChI=1S/C13H22N4/c1-4-7-13(2,3)17-11-8-10(14)15-12(16-11)9-5-6-9/h8-9H,4-7H2,1-3H3,(H3,14,15,16,17). The van der Waals surface area contributed by atoms with E-state index in [0.29, 0.717) is 11.7 Å². The number of nitrogens with one attached hydrogen (secondary N) is 1. The summed E-state index contributed by atoms with van der Waals surface area (Å²) < 4.78 is 0. The molecule has 0 atom stereocenters. The van der Waals surface area contributed by atoms with E-state index in [-0.39, 0.29) is 5.54 Å². The van der Waals surface area contributed by atoms with Gasteiger partial charge in [0.25, 0.3) is 0 Å². The quantitative estimate of drug-likeness (QED) is 0.822. The molecule has 1 aliphatic carbocycles. The SMILES string of the molecule is CCCC(C)(C)Nc1cc(N)nc(C2CC2)n1. The van der Waals surface area contributed by atoms with E-state index in [1.54, 1.807) is 0 Å². The maximum atomic E-state index is 5.83. The van der Waals surface area contributed by atoms with Crippen molar-refractivity contribution in [2.45, 2.75) is 57.9 Å². The van der Waals surface area contributed by atoms with Crippen molar-refractivity contribution in [3.8, 4) is 0 Å². The number of rotatable bonds is 5. The van der Waals surface area contributed by atoms with Crippen LogP contribution in [0.3, 0.4) is 0 Å². The van der Waals surface area contributed by atoms with Crippen LogP contribution >= 0.6 is 0 Å². The summed E-state index contributed by atoms with van der Waals surface area (Å²) in [6.07, 6.45) is 4.65. The van der Waals surface area contributed by atoms with Gasteiger partial charge in [-0.3, -0.25) is 0 Å². The maximum Gasteiger partial charge on any atom is 0.136 e. The highest BCUT2D eigenvalue weighted by Gasteiger charge is 2.27. The van der Waals surface area contributed by atoms with Crippen molar-refractivity contribution in [1.29, 1.82) is 0 Å². The summed E-state index contributed by atoms with van der Waals surface area (Å²) in [5.74, 6) is 2.86. The van der Waals surface area contributed by atoms with E-state index in [9.17, 15) is 0 Å². The van der Waals surface area contributed by atoms with Crippen molar-refractivity contribution in [3.05, 3.63) is 11.9 Å². The first-order valence-corrected chi connectivity index (χ1v) is 6.43. The van der Waals surface area contributed by atoms with Gasteiger partial charge in [-0.25, -0.2) is 9.97 Å². The summed E-state index contributed by atoms with van der Waals surface area (Å²) in [4.78, 5) is 8.86. The predicted octanol–water partition coefficient (Wildman–Crippen LogP) is 2.93. The van der Waals surface area contributed by atoms with Crippen LogP contribution < -0.4 is 11.1 Å². The number of nitrogens with zero attached hydrogens (tertiary/aromatic N) is 2. The van der Waals surface area contributed by atoms with E-state index in [0.717, 1.165) is 24.5 Å². The van der Waals surface area contributed by atoms with E-state index < -0.39 is 0 Å². The average molecular weight is 234 g/mol. The Morgan fingerprint density at radius 3 is 2.71 bits per heavy atom. The van der Waals surface area contributed by atoms with Crippen molar-refractivity contribution in [2.24, 2.45) is 0 Å². The van der Waals surface area contributed by atoms with Gasteiger partial charge in [0.1, 0.15) is 17.5 Å². The van der Waals surface area contributed by atoms with Gasteiger partial charge in [-0.2, -0.15) is 0 Å². The minimum absolute atomic E-state index is 0.0519. The Labute approximate surface area is 103 Å². The molecule has 0 amide bonds. The Kier molecular flexibility index (Phi) is 3.22. The van der Waals surface area contributed by atoms with E-state index in [1.165, 1.54) is 12.8 Å². The van der Waals surface area contributed by atoms with Crippen LogP contribution in [0.4, 0.5) is 11.6 Å². The Balaban J connectivity index is 2.14. The third kappa shape index (κ3) is 3.32. The molecule has 1 aromatic rings. The lowest BCUT2D eigenvalue weighted by Gasteiger charge is -2.26. The van der Waals surface area contributed by atoms with Crippen LogP contribution in [0, 0.1) is 0 Å². The molecule has 3 N–H and O–H groups in total. The summed E-state index contributed by atoms with van der Waals surface area (Å²) in [7, 11) is 0. The lowest BCUT2D eigenvalue weighted by atomic mass is 9.99. The molecule has 4 heteroatoms. The van der Waals surface area contributed by atoms with Gasteiger partial charge in [-0.05, 0) is 33.1 Å². The fourth-order valence-corrected chi connectivity index (χ4v) is 2.11. The highest BCUT2D eigenvalue weighted by molar-refractivity contribution is 5.46. The van der Waals surface area contributed by atoms with Crippen LogP contribution in [0.5, 0.6) is 0 Å². The molecule has 0 saturated heterocycles. The molecule has 94 valence electrons. The molecule has 1 aliphatic rings. The molecular weight excluding hydrogens is 212 g/mol. The van der Waals surface area contributed by atoms with Gasteiger partial charge in [-0.15, -0.1) is 0 Å². The Morgan fingerprint density at radius 2 is 2.12 bits per heavy atom. The average Bonchev–Trinajstić information content (AvgIpc) is 2.97. The topological polar surface area (TPSA) is 63.8 Å². The molecule has 1 aromatic heterocycles. The molecule has 1 saturated carbocycles. The lowest BCUT2D eigenvalue weighted by molar-refractivity contribution is 0.508. The van der Waals surface area contributed by atoms with Crippen LogP contribution in [0.25, 0.3) is 0 Å². The first-order chi connectivity index (χ1) is 8.00. The monoisotopic (exact) mass is 234 g/mol. The highest BCUT2D eigenvalue weighted by Crippen LogP contribution is 2.38. The second-order valence-corrected chi connectivity index (χ2v) is 5.57. The first-order valence-electron chi connectivity index (χ1n) is 6.43. The van der Waals surface area contributed by atoms with Gasteiger partial charge < -0.3 is 11.1 Å². The van der Waals surface area contributed by atoms with E-state index in [2.05, 4.69) is 36.1 Å². The second kappa shape index (κ2) is 4.51. The van der Waals surface area contributed by atoms with E-state index in [1.807, 2.05) is 6.07 Å². The number of aromatic nitrogens is 2. The maximum absolute atomic E-state index is 5.83. The molecule has 1 heterocycles. The van der Waals surface area contributed by atoms with Gasteiger partial charge in [-0.1, -0.05) is 13.3 Å². The van der Waals surface area contributed by atoms with Crippen molar-refractivity contribution in [1.82, 2.24) is 9.97 Å². The van der Waals surface area contributed by atoms with Crippen molar-refractivity contribution < 1.29 is 0 Å². The van der Waals surface area contributed by atoms with Crippen molar-refractivity contribution >= 4 is 11.6 Å². The Hall–Kier alpha value is -1.32. The van der Waals surface area contributed by atoms with Crippen LogP contribution in [0.15, 0.2) is 6.07 Å². The third-order valence-electron chi connectivity index (χ3n) is 3.05. The summed E-state index contributed by atoms with van der Waals surface area (Å²) in [6, 6.07) is 1.82. The minimum Gasteiger partial charge on any atom is -0.384 e. The fraction of sp³-hybridized carbons (Fsp3) is 0.692. The molecule has 0 aromatic carbocycles. The third-order valence-corrected chi connectivity index (χ3v) is 3.05. The summed E-state index contributed by atoms with van der Waals surface area (Å²) >= 11 is 0. The number of hydrogen-bond acceptors (Lipinski definition) is 4. The summed E-state index contributed by atoms with van der Waals surface area (Å²) in [5.41, 5.74) is 5.88. The predicted molar refractivity (Wildman–Crippen MR) is 71.0 cm³/mol. The molecule has 2 rings (SSSR count). The lowest BCUT2D eigenvalue weighted by Crippen LogP contribution is -2.31. The van der Waals surface area contributed by atoms with Crippen molar-refractivity contribution in [3.63, 3.8) is 0 Å². The molecule has 0 aliphatic heterocycles. The molecule has 0 radical (unpaired) electrons. The molecular formula is C13H22N4. The Bertz CT molecular complexity index is 396. The molecule has 4 nitrogen and oxygen atoms in total. The molecule has 0 spiro atoms. The first kappa shape index (κ1) is 12.1. The summed E-state index contributed by atoms with van der Waals surface area (Å²) in [5, 5.41) is 3.45. The van der Waals surface area contributed by atoms with Gasteiger partial charge in [0, 0.05) is 17.5 Å². The van der Waals surface area contributed by atoms with Crippen LogP contribution in [0.2, 0.25) is 0 Å². The number of anilines is 2. The zero-order valence-corrected chi connectivity index (χ0v) is 11.0. The second-order valence-electron chi connectivity index (χ2n) is 5.57. The number of nitrogens with two attached hydrogens (primary N) is 1. The zero-order valence-electron chi connectivity index (χ0n) is 11.0. The normalized spacial score (nSPS) is 15.9. The minimum atomic E-state index is 0.0519. The largest absolute Gasteiger partial charge is 0.384 e. The summed E-state index contributed by atoms with van der Waals surface area (Å²) in [6.45, 7) is 6.56. The zero-order chi connectivity index (χ0) is 12.5. The smallest absolute Gasteiger partial charge is 0.136 e. The molecule has 1 fully saturated rings. The molecule has 0 bridgehead atoms. The van der Waals surface area contributed by atoms with Crippen LogP contribution in [-0.2, 0) is 0 Å². The van der Waals surface area contributed by atoms with E-state index >= 15 is 0 Å².